The van der Waals surface area contributed by atoms with Crippen LogP contribution in [0, 0.1) is 5.41 Å². The van der Waals surface area contributed by atoms with Gasteiger partial charge in [0.1, 0.15) is 0 Å². The zero-order valence-electron chi connectivity index (χ0n) is 10.8. The first-order valence-electron chi connectivity index (χ1n) is 6.66. The number of hydrogen-bond donors (Lipinski definition) is 1. The summed E-state index contributed by atoms with van der Waals surface area (Å²) in [6.45, 7) is 4.28. The van der Waals surface area contributed by atoms with Crippen molar-refractivity contribution in [3.8, 4) is 0 Å². The molecule has 1 aromatic rings. The Morgan fingerprint density at radius 3 is 2.67 bits per heavy atom. The van der Waals surface area contributed by atoms with Crippen LogP contribution in [-0.4, -0.2) is 11.5 Å². The van der Waals surface area contributed by atoms with Gasteiger partial charge in [-0.05, 0) is 62.6 Å². The Balaban J connectivity index is 1.88. The van der Waals surface area contributed by atoms with Gasteiger partial charge in [-0.25, -0.2) is 0 Å². The molecule has 4 heteroatoms. The molecule has 1 saturated carbocycles. The molecule has 18 heavy (non-hydrogen) atoms. The SMILES string of the molecule is CCC1(CNCc2ncc(Br)cc2Br)CCCC1. The predicted octanol–water partition coefficient (Wildman–Crippen LogP) is 4.67. The average molecular weight is 376 g/mol. The van der Waals surface area contributed by atoms with Gasteiger partial charge in [-0.15, -0.1) is 0 Å². The second-order valence-electron chi connectivity index (χ2n) is 5.25. The van der Waals surface area contributed by atoms with Gasteiger partial charge in [-0.1, -0.05) is 19.8 Å². The Morgan fingerprint density at radius 1 is 1.33 bits per heavy atom. The van der Waals surface area contributed by atoms with Crippen LogP contribution < -0.4 is 5.32 Å². The Bertz CT molecular complexity index is 401. The highest BCUT2D eigenvalue weighted by atomic mass is 79.9. The fraction of sp³-hybridized carbons (Fsp3) is 0.643. The zero-order valence-corrected chi connectivity index (χ0v) is 14.0. The normalized spacial score (nSPS) is 18.2. The molecule has 2 rings (SSSR count). The molecule has 0 bridgehead atoms. The van der Waals surface area contributed by atoms with E-state index in [1.807, 2.05) is 6.20 Å². The maximum atomic E-state index is 4.43. The third kappa shape index (κ3) is 3.55. The van der Waals surface area contributed by atoms with Crippen LogP contribution >= 0.6 is 31.9 Å². The van der Waals surface area contributed by atoms with Crippen molar-refractivity contribution in [2.45, 2.75) is 45.6 Å². The summed E-state index contributed by atoms with van der Waals surface area (Å²) in [5.74, 6) is 0. The molecule has 100 valence electrons. The third-order valence-electron chi connectivity index (χ3n) is 4.09. The molecule has 1 N–H and O–H groups in total. The van der Waals surface area contributed by atoms with Crippen LogP contribution in [0.1, 0.15) is 44.7 Å². The number of nitrogens with one attached hydrogen (secondary N) is 1. The Labute approximate surface area is 126 Å². The predicted molar refractivity (Wildman–Crippen MR) is 82.5 cm³/mol. The third-order valence-corrected chi connectivity index (χ3v) is 5.21. The molecule has 0 aromatic carbocycles. The Morgan fingerprint density at radius 2 is 2.06 bits per heavy atom. The quantitative estimate of drug-likeness (QED) is 0.808. The van der Waals surface area contributed by atoms with Gasteiger partial charge in [-0.3, -0.25) is 4.98 Å². The van der Waals surface area contributed by atoms with E-state index >= 15 is 0 Å². The van der Waals surface area contributed by atoms with Gasteiger partial charge in [0.2, 0.25) is 0 Å². The summed E-state index contributed by atoms with van der Waals surface area (Å²) in [4.78, 5) is 4.43. The van der Waals surface area contributed by atoms with Gasteiger partial charge in [0.25, 0.3) is 0 Å². The lowest BCUT2D eigenvalue weighted by atomic mass is 9.83. The molecule has 0 unspecified atom stereocenters. The van der Waals surface area contributed by atoms with Crippen molar-refractivity contribution in [2.75, 3.05) is 6.54 Å². The van der Waals surface area contributed by atoms with Crippen LogP contribution in [0.25, 0.3) is 0 Å². The number of nitrogens with zero attached hydrogens (tertiary/aromatic N) is 1. The minimum Gasteiger partial charge on any atom is -0.311 e. The summed E-state index contributed by atoms with van der Waals surface area (Å²) in [7, 11) is 0. The summed E-state index contributed by atoms with van der Waals surface area (Å²) in [6, 6.07) is 2.05. The zero-order chi connectivity index (χ0) is 13.0. The van der Waals surface area contributed by atoms with Crippen LogP contribution in [0.3, 0.4) is 0 Å². The molecule has 1 aliphatic carbocycles. The summed E-state index contributed by atoms with van der Waals surface area (Å²) in [6.07, 6.45) is 8.70. The van der Waals surface area contributed by atoms with E-state index in [0.717, 1.165) is 27.7 Å². The Kier molecular flexibility index (Phi) is 5.22. The van der Waals surface area contributed by atoms with Crippen molar-refractivity contribution in [3.05, 3.63) is 26.9 Å². The second kappa shape index (κ2) is 6.49. The van der Waals surface area contributed by atoms with Gasteiger partial charge >= 0.3 is 0 Å². The molecule has 2 nitrogen and oxygen atoms in total. The van der Waals surface area contributed by atoms with E-state index in [4.69, 9.17) is 0 Å². The van der Waals surface area contributed by atoms with Crippen LogP contribution in [0.4, 0.5) is 0 Å². The van der Waals surface area contributed by atoms with Gasteiger partial charge < -0.3 is 5.32 Å². The summed E-state index contributed by atoms with van der Waals surface area (Å²) in [5, 5.41) is 3.59. The van der Waals surface area contributed by atoms with Crippen LogP contribution in [0.5, 0.6) is 0 Å². The molecule has 0 aliphatic heterocycles. The van der Waals surface area contributed by atoms with Crippen LogP contribution in [0.15, 0.2) is 21.2 Å². The van der Waals surface area contributed by atoms with Crippen molar-refractivity contribution in [1.29, 1.82) is 0 Å². The molecular weight excluding hydrogens is 356 g/mol. The van der Waals surface area contributed by atoms with E-state index in [9.17, 15) is 0 Å². The van der Waals surface area contributed by atoms with Crippen molar-refractivity contribution in [2.24, 2.45) is 5.41 Å². The van der Waals surface area contributed by atoms with Crippen molar-refractivity contribution >= 4 is 31.9 Å². The fourth-order valence-electron chi connectivity index (χ4n) is 2.80. The molecule has 0 atom stereocenters. The highest BCUT2D eigenvalue weighted by molar-refractivity contribution is 9.11. The van der Waals surface area contributed by atoms with E-state index in [-0.39, 0.29) is 0 Å². The standard InChI is InChI=1S/C14H20Br2N2/c1-2-14(5-3-4-6-14)10-17-9-13-12(16)7-11(15)8-18-13/h7-8,17H,2-6,9-10H2,1H3. The summed E-state index contributed by atoms with van der Waals surface area (Å²) in [5.41, 5.74) is 1.63. The molecule has 0 spiro atoms. The highest BCUT2D eigenvalue weighted by Gasteiger charge is 2.31. The smallest absolute Gasteiger partial charge is 0.0684 e. The first kappa shape index (κ1) is 14.5. The first-order chi connectivity index (χ1) is 8.65. The summed E-state index contributed by atoms with van der Waals surface area (Å²) < 4.78 is 2.08. The van der Waals surface area contributed by atoms with Crippen molar-refractivity contribution in [3.63, 3.8) is 0 Å². The number of aromatic nitrogens is 1. The fourth-order valence-corrected chi connectivity index (χ4v) is 3.93. The van der Waals surface area contributed by atoms with E-state index < -0.39 is 0 Å². The molecule has 0 amide bonds. The summed E-state index contributed by atoms with van der Waals surface area (Å²) >= 11 is 6.98. The monoisotopic (exact) mass is 374 g/mol. The molecule has 1 aromatic heterocycles. The van der Waals surface area contributed by atoms with E-state index in [2.05, 4.69) is 55.2 Å². The van der Waals surface area contributed by atoms with Gasteiger partial charge in [0.05, 0.1) is 5.69 Å². The number of pyridine rings is 1. The molecule has 1 heterocycles. The minimum absolute atomic E-state index is 0.543. The van der Waals surface area contributed by atoms with E-state index in [1.54, 1.807) is 0 Å². The maximum absolute atomic E-state index is 4.43. The average Bonchev–Trinajstić information content (AvgIpc) is 2.81. The Hall–Kier alpha value is 0.0700. The maximum Gasteiger partial charge on any atom is 0.0684 e. The van der Waals surface area contributed by atoms with Crippen molar-refractivity contribution in [1.82, 2.24) is 10.3 Å². The number of hydrogen-bond acceptors (Lipinski definition) is 2. The van der Waals surface area contributed by atoms with Gasteiger partial charge in [0, 0.05) is 28.2 Å². The van der Waals surface area contributed by atoms with Crippen molar-refractivity contribution < 1.29 is 0 Å². The minimum atomic E-state index is 0.543. The largest absolute Gasteiger partial charge is 0.311 e. The lowest BCUT2D eigenvalue weighted by Gasteiger charge is -2.27. The second-order valence-corrected chi connectivity index (χ2v) is 7.02. The molecule has 0 saturated heterocycles. The topological polar surface area (TPSA) is 24.9 Å². The first-order valence-corrected chi connectivity index (χ1v) is 8.24. The van der Waals surface area contributed by atoms with E-state index in [1.165, 1.54) is 32.1 Å². The lowest BCUT2D eigenvalue weighted by Crippen LogP contribution is -2.31. The van der Waals surface area contributed by atoms with Crippen LogP contribution in [0.2, 0.25) is 0 Å². The number of halogens is 2. The lowest BCUT2D eigenvalue weighted by molar-refractivity contribution is 0.267. The van der Waals surface area contributed by atoms with Gasteiger partial charge in [0.15, 0.2) is 0 Å². The molecular formula is C14H20Br2N2. The van der Waals surface area contributed by atoms with Crippen LogP contribution in [-0.2, 0) is 6.54 Å². The molecule has 0 radical (unpaired) electrons. The van der Waals surface area contributed by atoms with E-state index in [0.29, 0.717) is 5.41 Å². The van der Waals surface area contributed by atoms with Gasteiger partial charge in [-0.2, -0.15) is 0 Å². The number of rotatable bonds is 5. The molecule has 1 fully saturated rings. The molecule has 1 aliphatic rings. The highest BCUT2D eigenvalue weighted by Crippen LogP contribution is 2.40.